The summed E-state index contributed by atoms with van der Waals surface area (Å²) >= 11 is 0. The summed E-state index contributed by atoms with van der Waals surface area (Å²) in [5, 5.41) is 0. The molecule has 0 amide bonds. The number of aryl methyl sites for hydroxylation is 1. The maximum Gasteiger partial charge on any atom is 0.187 e. The van der Waals surface area contributed by atoms with Crippen LogP contribution in [0.5, 0.6) is 0 Å². The number of nitrogens with one attached hydrogen (secondary N) is 1. The van der Waals surface area contributed by atoms with E-state index >= 15 is 0 Å². The molecule has 1 saturated heterocycles. The molecule has 4 nitrogen and oxygen atoms in total. The Balaban J connectivity index is 1.49. The molecule has 28 heavy (non-hydrogen) atoms. The first-order valence-corrected chi connectivity index (χ1v) is 10.3. The molecule has 152 valence electrons. The van der Waals surface area contributed by atoms with Crippen LogP contribution < -0.4 is 5.43 Å². The van der Waals surface area contributed by atoms with Gasteiger partial charge in [-0.3, -0.25) is 4.79 Å². The van der Waals surface area contributed by atoms with Gasteiger partial charge in [-0.1, -0.05) is 12.1 Å². The fraction of sp³-hybridized carbons (Fsp3) is 0.522. The number of hydrogen-bond donors (Lipinski definition) is 1. The lowest BCUT2D eigenvalue weighted by atomic mass is 9.97. The molecule has 5 heteroatoms. The molecule has 0 spiro atoms. The van der Waals surface area contributed by atoms with Crippen LogP contribution in [0.1, 0.15) is 35.2 Å². The van der Waals surface area contributed by atoms with Crippen LogP contribution in [0.3, 0.4) is 0 Å². The third-order valence-corrected chi connectivity index (χ3v) is 5.85. The van der Waals surface area contributed by atoms with Gasteiger partial charge in [0.15, 0.2) is 5.43 Å². The molecular formula is C23H32FN3O. The van der Waals surface area contributed by atoms with Crippen molar-refractivity contribution in [2.24, 2.45) is 5.92 Å². The topological polar surface area (TPSA) is 39.3 Å². The van der Waals surface area contributed by atoms with E-state index in [-0.39, 0.29) is 11.2 Å². The molecule has 1 aromatic heterocycles. The molecule has 0 bridgehead atoms. The summed E-state index contributed by atoms with van der Waals surface area (Å²) < 4.78 is 13.0. The third-order valence-electron chi connectivity index (χ3n) is 5.85. The van der Waals surface area contributed by atoms with Crippen LogP contribution in [0.15, 0.2) is 35.3 Å². The standard InChI is InChI=1S/C23H32FN3O/c1-17-13-25-22(18(2)23(17)28)16-26(3)14-20-5-4-11-27(15-20)12-10-19-6-8-21(24)9-7-19/h6-9,13,20H,4-5,10-12,14-16H2,1-3H3,(H,25,28)/t20-/m1/s1. The molecule has 1 aromatic carbocycles. The smallest absolute Gasteiger partial charge is 0.187 e. The first kappa shape index (κ1) is 20.7. The summed E-state index contributed by atoms with van der Waals surface area (Å²) in [5.74, 6) is 0.472. The van der Waals surface area contributed by atoms with Crippen LogP contribution in [-0.4, -0.2) is 48.0 Å². The van der Waals surface area contributed by atoms with Crippen LogP contribution in [0.25, 0.3) is 0 Å². The van der Waals surface area contributed by atoms with E-state index < -0.39 is 0 Å². The number of pyridine rings is 1. The van der Waals surface area contributed by atoms with Crippen LogP contribution >= 0.6 is 0 Å². The van der Waals surface area contributed by atoms with Crippen LogP contribution in [0, 0.1) is 25.6 Å². The van der Waals surface area contributed by atoms with E-state index in [0.29, 0.717) is 5.92 Å². The SMILES string of the molecule is Cc1c[nH]c(CN(C)C[C@H]2CCCN(CCc3ccc(F)cc3)C2)c(C)c1=O. The van der Waals surface area contributed by atoms with Gasteiger partial charge in [-0.05, 0) is 70.3 Å². The second kappa shape index (κ2) is 9.48. The molecule has 1 atom stereocenters. The Labute approximate surface area is 167 Å². The van der Waals surface area contributed by atoms with Gasteiger partial charge < -0.3 is 14.8 Å². The monoisotopic (exact) mass is 385 g/mol. The highest BCUT2D eigenvalue weighted by Crippen LogP contribution is 2.19. The van der Waals surface area contributed by atoms with Crippen LogP contribution in [0.2, 0.25) is 0 Å². The number of benzene rings is 1. The largest absolute Gasteiger partial charge is 0.363 e. The molecule has 2 heterocycles. The van der Waals surface area contributed by atoms with E-state index in [1.807, 2.05) is 32.2 Å². The van der Waals surface area contributed by atoms with Gasteiger partial charge in [0.2, 0.25) is 0 Å². The van der Waals surface area contributed by atoms with Crippen molar-refractivity contribution in [3.05, 3.63) is 68.9 Å². The summed E-state index contributed by atoms with van der Waals surface area (Å²) in [4.78, 5) is 20.3. The zero-order valence-corrected chi connectivity index (χ0v) is 17.3. The van der Waals surface area contributed by atoms with Gasteiger partial charge in [-0.25, -0.2) is 4.39 Å². The predicted octanol–water partition coefficient (Wildman–Crippen LogP) is 3.52. The van der Waals surface area contributed by atoms with E-state index in [2.05, 4.69) is 21.8 Å². The highest BCUT2D eigenvalue weighted by atomic mass is 19.1. The number of aromatic nitrogens is 1. The molecule has 0 radical (unpaired) electrons. The molecule has 2 aromatic rings. The van der Waals surface area contributed by atoms with Crippen molar-refractivity contribution in [1.82, 2.24) is 14.8 Å². The van der Waals surface area contributed by atoms with Crippen molar-refractivity contribution >= 4 is 0 Å². The maximum atomic E-state index is 13.0. The summed E-state index contributed by atoms with van der Waals surface area (Å²) in [5.41, 5.74) is 3.96. The van der Waals surface area contributed by atoms with Gasteiger partial charge >= 0.3 is 0 Å². The number of piperidine rings is 1. The number of rotatable bonds is 7. The van der Waals surface area contributed by atoms with Crippen molar-refractivity contribution in [3.63, 3.8) is 0 Å². The van der Waals surface area contributed by atoms with Gasteiger partial charge in [0.1, 0.15) is 5.82 Å². The minimum absolute atomic E-state index is 0.145. The number of halogens is 1. The van der Waals surface area contributed by atoms with E-state index in [1.165, 1.54) is 18.4 Å². The first-order chi connectivity index (χ1) is 13.4. The fourth-order valence-electron chi connectivity index (χ4n) is 4.18. The number of H-pyrrole nitrogens is 1. The molecule has 1 aliphatic rings. The van der Waals surface area contributed by atoms with E-state index in [9.17, 15) is 9.18 Å². The van der Waals surface area contributed by atoms with Gasteiger partial charge in [-0.15, -0.1) is 0 Å². The summed E-state index contributed by atoms with van der Waals surface area (Å²) in [6.45, 7) is 8.83. The van der Waals surface area contributed by atoms with Crippen molar-refractivity contribution < 1.29 is 4.39 Å². The zero-order chi connectivity index (χ0) is 20.1. The lowest BCUT2D eigenvalue weighted by Gasteiger charge is -2.34. The second-order valence-corrected chi connectivity index (χ2v) is 8.29. The minimum atomic E-state index is -0.171. The highest BCUT2D eigenvalue weighted by molar-refractivity contribution is 5.23. The zero-order valence-electron chi connectivity index (χ0n) is 17.3. The molecule has 3 rings (SSSR count). The highest BCUT2D eigenvalue weighted by Gasteiger charge is 2.21. The lowest BCUT2D eigenvalue weighted by molar-refractivity contribution is 0.142. The Bertz CT molecular complexity index is 831. The molecule has 0 aliphatic carbocycles. The third kappa shape index (κ3) is 5.52. The fourth-order valence-corrected chi connectivity index (χ4v) is 4.18. The summed E-state index contributed by atoms with van der Waals surface area (Å²) in [7, 11) is 2.13. The Kier molecular flexibility index (Phi) is 7.03. The maximum absolute atomic E-state index is 13.0. The van der Waals surface area contributed by atoms with E-state index in [1.54, 1.807) is 12.1 Å². The molecular weight excluding hydrogens is 353 g/mol. The van der Waals surface area contributed by atoms with Crippen molar-refractivity contribution in [2.75, 3.05) is 33.2 Å². The quantitative estimate of drug-likeness (QED) is 0.793. The average molecular weight is 386 g/mol. The first-order valence-electron chi connectivity index (χ1n) is 10.3. The average Bonchev–Trinajstić information content (AvgIpc) is 2.68. The minimum Gasteiger partial charge on any atom is -0.363 e. The Morgan fingerprint density at radius 1 is 1.25 bits per heavy atom. The van der Waals surface area contributed by atoms with Gasteiger partial charge in [0, 0.05) is 49.2 Å². The van der Waals surface area contributed by atoms with E-state index in [4.69, 9.17) is 0 Å². The number of likely N-dealkylation sites (tertiary alicyclic amines) is 1. The molecule has 0 unspecified atom stereocenters. The number of hydrogen-bond acceptors (Lipinski definition) is 3. The Hall–Kier alpha value is -1.98. The van der Waals surface area contributed by atoms with Gasteiger partial charge in [-0.2, -0.15) is 0 Å². The second-order valence-electron chi connectivity index (χ2n) is 8.29. The predicted molar refractivity (Wildman–Crippen MR) is 112 cm³/mol. The van der Waals surface area contributed by atoms with Gasteiger partial charge in [0.05, 0.1) is 0 Å². The van der Waals surface area contributed by atoms with Crippen molar-refractivity contribution in [2.45, 2.75) is 39.7 Å². The van der Waals surface area contributed by atoms with Crippen LogP contribution in [0.4, 0.5) is 4.39 Å². The van der Waals surface area contributed by atoms with Gasteiger partial charge in [0.25, 0.3) is 0 Å². The van der Waals surface area contributed by atoms with Crippen molar-refractivity contribution in [3.8, 4) is 0 Å². The molecule has 1 N–H and O–H groups in total. The molecule has 1 fully saturated rings. The number of aromatic amines is 1. The normalized spacial score (nSPS) is 18.0. The lowest BCUT2D eigenvalue weighted by Crippen LogP contribution is -2.41. The number of nitrogens with zero attached hydrogens (tertiary/aromatic N) is 2. The van der Waals surface area contributed by atoms with Crippen molar-refractivity contribution in [1.29, 1.82) is 0 Å². The molecule has 0 saturated carbocycles. The van der Waals surface area contributed by atoms with Crippen LogP contribution in [-0.2, 0) is 13.0 Å². The summed E-state index contributed by atoms with van der Waals surface area (Å²) in [6.07, 6.45) is 5.26. The van der Waals surface area contributed by atoms with E-state index in [0.717, 1.165) is 56.0 Å². The molecule has 1 aliphatic heterocycles. The summed E-state index contributed by atoms with van der Waals surface area (Å²) in [6, 6.07) is 6.85. The Morgan fingerprint density at radius 2 is 2.00 bits per heavy atom. The Morgan fingerprint density at radius 3 is 2.75 bits per heavy atom.